The molecule has 0 spiro atoms. The Bertz CT molecular complexity index is 350. The van der Waals surface area contributed by atoms with Gasteiger partial charge >= 0.3 is 0 Å². The summed E-state index contributed by atoms with van der Waals surface area (Å²) in [5.41, 5.74) is 3.26. The van der Waals surface area contributed by atoms with Crippen molar-refractivity contribution in [1.82, 2.24) is 0 Å². The number of allylic oxidation sites excluding steroid dienone is 1. The quantitative estimate of drug-likeness (QED) is 0.574. The molecule has 0 N–H and O–H groups in total. The lowest BCUT2D eigenvalue weighted by Gasteiger charge is -2.03. The molecule has 1 aromatic rings. The topological polar surface area (TPSA) is 17.1 Å². The summed E-state index contributed by atoms with van der Waals surface area (Å²) in [5, 5.41) is 0. The van der Waals surface area contributed by atoms with Gasteiger partial charge in [0.25, 0.3) is 0 Å². The Morgan fingerprint density at radius 3 is 3.00 bits per heavy atom. The Balaban J connectivity index is 2.54. The predicted octanol–water partition coefficient (Wildman–Crippen LogP) is 2.63. The van der Waals surface area contributed by atoms with E-state index < -0.39 is 0 Å². The third kappa shape index (κ3) is 0.981. The molecular formula is C11H10O. The van der Waals surface area contributed by atoms with Crippen molar-refractivity contribution in [2.24, 2.45) is 0 Å². The lowest BCUT2D eigenvalue weighted by atomic mass is 10.0. The Labute approximate surface area is 71.7 Å². The van der Waals surface area contributed by atoms with E-state index in [1.807, 2.05) is 18.2 Å². The van der Waals surface area contributed by atoms with Gasteiger partial charge in [0.2, 0.25) is 0 Å². The zero-order chi connectivity index (χ0) is 8.55. The first-order valence-corrected chi connectivity index (χ1v) is 4.08. The molecule has 1 aromatic carbocycles. The molecule has 1 atom stereocenters. The zero-order valence-electron chi connectivity index (χ0n) is 6.95. The molecule has 0 heterocycles. The Kier molecular flexibility index (Phi) is 1.58. The van der Waals surface area contributed by atoms with Crippen LogP contribution in [-0.4, -0.2) is 6.29 Å². The van der Waals surface area contributed by atoms with E-state index in [9.17, 15) is 4.79 Å². The van der Waals surface area contributed by atoms with Crippen molar-refractivity contribution in [3.05, 3.63) is 41.0 Å². The molecule has 0 bridgehead atoms. The molecule has 0 aromatic heterocycles. The largest absolute Gasteiger partial charge is 0.298 e. The van der Waals surface area contributed by atoms with Gasteiger partial charge in [0.1, 0.15) is 6.29 Å². The highest BCUT2D eigenvalue weighted by atomic mass is 16.1. The molecule has 2 rings (SSSR count). The Morgan fingerprint density at radius 2 is 2.25 bits per heavy atom. The van der Waals surface area contributed by atoms with Gasteiger partial charge in [0.15, 0.2) is 0 Å². The number of hydrogen-bond acceptors (Lipinski definition) is 1. The van der Waals surface area contributed by atoms with Crippen LogP contribution in [0.1, 0.15) is 34.3 Å². The molecule has 1 aliphatic carbocycles. The van der Waals surface area contributed by atoms with Gasteiger partial charge in [-0.15, -0.1) is 0 Å². The van der Waals surface area contributed by atoms with Gasteiger partial charge in [-0.25, -0.2) is 0 Å². The first-order chi connectivity index (χ1) is 5.81. The summed E-state index contributed by atoms with van der Waals surface area (Å²) in [6.45, 7) is 2.16. The maximum atomic E-state index is 10.5. The maximum Gasteiger partial charge on any atom is 0.150 e. The number of rotatable bonds is 1. The lowest BCUT2D eigenvalue weighted by molar-refractivity contribution is 0.112. The van der Waals surface area contributed by atoms with E-state index in [1.54, 1.807) is 0 Å². The minimum absolute atomic E-state index is 0.501. The van der Waals surface area contributed by atoms with Crippen molar-refractivity contribution in [3.8, 4) is 0 Å². The molecule has 0 saturated carbocycles. The van der Waals surface area contributed by atoms with E-state index in [-0.39, 0.29) is 0 Å². The van der Waals surface area contributed by atoms with E-state index in [0.29, 0.717) is 5.92 Å². The number of benzene rings is 1. The Morgan fingerprint density at radius 1 is 1.42 bits per heavy atom. The minimum Gasteiger partial charge on any atom is -0.298 e. The van der Waals surface area contributed by atoms with E-state index in [2.05, 4.69) is 19.1 Å². The summed E-state index contributed by atoms with van der Waals surface area (Å²) in [6, 6.07) is 5.83. The zero-order valence-corrected chi connectivity index (χ0v) is 6.95. The molecule has 0 fully saturated rings. The molecule has 1 aliphatic rings. The van der Waals surface area contributed by atoms with Gasteiger partial charge < -0.3 is 0 Å². The van der Waals surface area contributed by atoms with Crippen LogP contribution in [0.25, 0.3) is 6.08 Å². The van der Waals surface area contributed by atoms with Crippen LogP contribution in [0, 0.1) is 0 Å². The highest BCUT2D eigenvalue weighted by molar-refractivity contribution is 5.78. The molecule has 60 valence electrons. The normalized spacial score (nSPS) is 19.2. The van der Waals surface area contributed by atoms with Gasteiger partial charge in [0, 0.05) is 5.56 Å². The van der Waals surface area contributed by atoms with Gasteiger partial charge in [-0.2, -0.15) is 0 Å². The highest BCUT2D eigenvalue weighted by Crippen LogP contribution is 2.29. The summed E-state index contributed by atoms with van der Waals surface area (Å²) in [5.74, 6) is 0.501. The smallest absolute Gasteiger partial charge is 0.150 e. The van der Waals surface area contributed by atoms with Crippen molar-refractivity contribution in [2.75, 3.05) is 0 Å². The van der Waals surface area contributed by atoms with Crippen LogP contribution in [0.2, 0.25) is 0 Å². The second kappa shape index (κ2) is 2.59. The van der Waals surface area contributed by atoms with Crippen LogP contribution in [0.4, 0.5) is 0 Å². The van der Waals surface area contributed by atoms with Crippen LogP contribution in [0.15, 0.2) is 24.3 Å². The van der Waals surface area contributed by atoms with Crippen molar-refractivity contribution in [3.63, 3.8) is 0 Å². The monoisotopic (exact) mass is 158 g/mol. The first-order valence-electron chi connectivity index (χ1n) is 4.08. The maximum absolute atomic E-state index is 10.5. The van der Waals surface area contributed by atoms with Crippen LogP contribution in [0.3, 0.4) is 0 Å². The number of carbonyl (C=O) groups excluding carboxylic acids is 1. The average Bonchev–Trinajstić information content (AvgIpc) is 2.47. The van der Waals surface area contributed by atoms with Crippen LogP contribution < -0.4 is 0 Å². The standard InChI is InChI=1S/C11H10O/c1-8-2-4-10-6-9(7-12)3-5-11(8)10/h2-8H,1H3. The second-order valence-corrected chi connectivity index (χ2v) is 3.15. The van der Waals surface area contributed by atoms with Crippen LogP contribution in [0.5, 0.6) is 0 Å². The van der Waals surface area contributed by atoms with Crippen LogP contribution >= 0.6 is 0 Å². The second-order valence-electron chi connectivity index (χ2n) is 3.15. The summed E-state index contributed by atoms with van der Waals surface area (Å²) in [7, 11) is 0. The summed E-state index contributed by atoms with van der Waals surface area (Å²) < 4.78 is 0. The Hall–Kier alpha value is -1.37. The SMILES string of the molecule is CC1C=Cc2cc(C=O)ccc21. The summed E-state index contributed by atoms with van der Waals surface area (Å²) >= 11 is 0. The number of hydrogen-bond donors (Lipinski definition) is 0. The molecule has 0 amide bonds. The van der Waals surface area contributed by atoms with E-state index in [4.69, 9.17) is 0 Å². The number of fused-ring (bicyclic) bond motifs is 1. The number of aldehydes is 1. The van der Waals surface area contributed by atoms with Crippen molar-refractivity contribution >= 4 is 12.4 Å². The fourth-order valence-electron chi connectivity index (χ4n) is 1.58. The molecule has 1 heteroatoms. The van der Waals surface area contributed by atoms with Crippen molar-refractivity contribution < 1.29 is 4.79 Å². The summed E-state index contributed by atoms with van der Waals surface area (Å²) in [6.07, 6.45) is 5.11. The van der Waals surface area contributed by atoms with E-state index >= 15 is 0 Å². The molecule has 0 saturated heterocycles. The van der Waals surface area contributed by atoms with Gasteiger partial charge in [-0.3, -0.25) is 4.79 Å². The van der Waals surface area contributed by atoms with Crippen molar-refractivity contribution in [2.45, 2.75) is 12.8 Å². The molecule has 12 heavy (non-hydrogen) atoms. The number of carbonyl (C=O) groups is 1. The molecule has 1 nitrogen and oxygen atoms in total. The fraction of sp³-hybridized carbons (Fsp3) is 0.182. The van der Waals surface area contributed by atoms with Crippen LogP contribution in [-0.2, 0) is 0 Å². The first kappa shape index (κ1) is 7.29. The third-order valence-corrected chi connectivity index (χ3v) is 2.30. The molecule has 0 radical (unpaired) electrons. The fourth-order valence-corrected chi connectivity index (χ4v) is 1.58. The molecular weight excluding hydrogens is 148 g/mol. The molecule has 1 unspecified atom stereocenters. The average molecular weight is 158 g/mol. The van der Waals surface area contributed by atoms with Gasteiger partial charge in [-0.05, 0) is 23.1 Å². The third-order valence-electron chi connectivity index (χ3n) is 2.30. The molecule has 0 aliphatic heterocycles. The summed E-state index contributed by atoms with van der Waals surface area (Å²) in [4.78, 5) is 10.5. The van der Waals surface area contributed by atoms with E-state index in [0.717, 1.165) is 11.8 Å². The van der Waals surface area contributed by atoms with Gasteiger partial charge in [-0.1, -0.05) is 31.2 Å². The predicted molar refractivity (Wildman–Crippen MR) is 49.3 cm³/mol. The lowest BCUT2D eigenvalue weighted by Crippen LogP contribution is -1.88. The van der Waals surface area contributed by atoms with E-state index in [1.165, 1.54) is 11.1 Å². The minimum atomic E-state index is 0.501. The van der Waals surface area contributed by atoms with Gasteiger partial charge in [0.05, 0.1) is 0 Å². The van der Waals surface area contributed by atoms with Crippen molar-refractivity contribution in [1.29, 1.82) is 0 Å². The highest BCUT2D eigenvalue weighted by Gasteiger charge is 2.11.